The van der Waals surface area contributed by atoms with Crippen molar-refractivity contribution in [2.45, 2.75) is 19.4 Å². The molecule has 1 atom stereocenters. The first-order valence-electron chi connectivity index (χ1n) is 7.22. The second-order valence-corrected chi connectivity index (χ2v) is 6.97. The van der Waals surface area contributed by atoms with Gasteiger partial charge in [0.05, 0.1) is 5.69 Å². The maximum Gasteiger partial charge on any atom is 0.266 e. The van der Waals surface area contributed by atoms with Crippen molar-refractivity contribution in [1.29, 1.82) is 0 Å². The van der Waals surface area contributed by atoms with Gasteiger partial charge in [0.25, 0.3) is 5.91 Å². The van der Waals surface area contributed by atoms with Crippen LogP contribution in [0.3, 0.4) is 0 Å². The zero-order valence-corrected chi connectivity index (χ0v) is 13.5. The van der Waals surface area contributed by atoms with Crippen LogP contribution in [0.15, 0.2) is 18.2 Å². The number of amides is 1. The number of benzene rings is 1. The molecule has 0 saturated carbocycles. The Balaban J connectivity index is 1.92. The summed E-state index contributed by atoms with van der Waals surface area (Å²) in [5, 5.41) is 1.01. The molecule has 112 valence electrons. The van der Waals surface area contributed by atoms with E-state index in [0.29, 0.717) is 16.6 Å². The number of carbonyl (C=O) groups is 1. The normalized spacial score (nSPS) is 18.9. The Morgan fingerprint density at radius 2 is 2.19 bits per heavy atom. The number of anilines is 1. The van der Waals surface area contributed by atoms with Crippen LogP contribution < -0.4 is 5.73 Å². The zero-order valence-electron chi connectivity index (χ0n) is 12.7. The number of carbonyl (C=O) groups excluding carboxylic acids is 1. The van der Waals surface area contributed by atoms with Crippen LogP contribution in [0.1, 0.15) is 21.7 Å². The first-order valence-corrected chi connectivity index (χ1v) is 8.04. The molecule has 0 spiro atoms. The standard InChI is InChI=1S/C16H21N3OS/c1-10-5-4-6-12-13(17)15(21-14(10)12)16(20)19-8-7-11(9-19)18(2)3/h4-6,11H,7-9,17H2,1-3H3. The van der Waals surface area contributed by atoms with E-state index in [1.807, 2.05) is 17.0 Å². The number of aryl methyl sites for hydroxylation is 1. The van der Waals surface area contributed by atoms with Crippen molar-refractivity contribution in [2.24, 2.45) is 0 Å². The fourth-order valence-electron chi connectivity index (χ4n) is 2.93. The van der Waals surface area contributed by atoms with Crippen LogP contribution in [-0.2, 0) is 0 Å². The minimum absolute atomic E-state index is 0.0810. The summed E-state index contributed by atoms with van der Waals surface area (Å²) in [6.45, 7) is 3.66. The summed E-state index contributed by atoms with van der Waals surface area (Å²) in [5.74, 6) is 0.0810. The van der Waals surface area contributed by atoms with Gasteiger partial charge in [-0.25, -0.2) is 0 Å². The van der Waals surface area contributed by atoms with E-state index in [0.717, 1.165) is 29.6 Å². The molecule has 1 aromatic heterocycles. The van der Waals surface area contributed by atoms with Gasteiger partial charge in [-0.1, -0.05) is 18.2 Å². The van der Waals surface area contributed by atoms with Gasteiger partial charge in [-0.2, -0.15) is 0 Å². The quantitative estimate of drug-likeness (QED) is 0.927. The summed E-state index contributed by atoms with van der Waals surface area (Å²) >= 11 is 1.53. The molecule has 1 fully saturated rings. The summed E-state index contributed by atoms with van der Waals surface area (Å²) in [4.78, 5) is 17.6. The molecule has 2 N–H and O–H groups in total. The third kappa shape index (κ3) is 2.40. The molecule has 1 amide bonds. The highest BCUT2D eigenvalue weighted by molar-refractivity contribution is 7.21. The van der Waals surface area contributed by atoms with Gasteiger partial charge in [0.15, 0.2) is 0 Å². The Morgan fingerprint density at radius 3 is 2.81 bits per heavy atom. The van der Waals surface area contributed by atoms with Gasteiger partial charge < -0.3 is 15.5 Å². The average Bonchev–Trinajstić information content (AvgIpc) is 3.05. The Labute approximate surface area is 129 Å². The first kappa shape index (κ1) is 14.4. The molecule has 0 aliphatic carbocycles. The molecule has 2 heterocycles. The Morgan fingerprint density at radius 1 is 1.43 bits per heavy atom. The third-order valence-electron chi connectivity index (χ3n) is 4.33. The number of nitrogens with zero attached hydrogens (tertiary/aromatic N) is 2. The highest BCUT2D eigenvalue weighted by atomic mass is 32.1. The van der Waals surface area contributed by atoms with Crippen molar-refractivity contribution in [3.63, 3.8) is 0 Å². The van der Waals surface area contributed by atoms with Crippen LogP contribution in [0.5, 0.6) is 0 Å². The van der Waals surface area contributed by atoms with Crippen molar-refractivity contribution >= 4 is 33.0 Å². The summed E-state index contributed by atoms with van der Waals surface area (Å²) in [6.07, 6.45) is 1.03. The molecule has 1 saturated heterocycles. The van der Waals surface area contributed by atoms with Gasteiger partial charge in [-0.15, -0.1) is 11.3 Å². The first-order chi connectivity index (χ1) is 9.99. The Kier molecular flexibility index (Phi) is 3.63. The van der Waals surface area contributed by atoms with Gasteiger partial charge in [0.2, 0.25) is 0 Å². The molecule has 1 aliphatic heterocycles. The van der Waals surface area contributed by atoms with E-state index in [2.05, 4.69) is 32.0 Å². The molecule has 5 heteroatoms. The molecule has 0 radical (unpaired) electrons. The number of fused-ring (bicyclic) bond motifs is 1. The van der Waals surface area contributed by atoms with Crippen LogP contribution in [-0.4, -0.2) is 48.9 Å². The van der Waals surface area contributed by atoms with Crippen LogP contribution in [0.25, 0.3) is 10.1 Å². The van der Waals surface area contributed by atoms with Gasteiger partial charge in [-0.3, -0.25) is 4.79 Å². The van der Waals surface area contributed by atoms with Crippen molar-refractivity contribution < 1.29 is 4.79 Å². The molecule has 4 nitrogen and oxygen atoms in total. The van der Waals surface area contributed by atoms with E-state index in [4.69, 9.17) is 5.73 Å². The van der Waals surface area contributed by atoms with Crippen LogP contribution in [0.2, 0.25) is 0 Å². The van der Waals surface area contributed by atoms with Crippen molar-refractivity contribution in [2.75, 3.05) is 32.9 Å². The molecular formula is C16H21N3OS. The lowest BCUT2D eigenvalue weighted by Gasteiger charge is -2.20. The predicted molar refractivity (Wildman–Crippen MR) is 89.0 cm³/mol. The predicted octanol–water partition coefficient (Wildman–Crippen LogP) is 2.57. The topological polar surface area (TPSA) is 49.6 Å². The lowest BCUT2D eigenvalue weighted by atomic mass is 10.1. The van der Waals surface area contributed by atoms with E-state index in [-0.39, 0.29) is 5.91 Å². The highest BCUT2D eigenvalue weighted by Crippen LogP contribution is 2.36. The Bertz CT molecular complexity index is 692. The van der Waals surface area contributed by atoms with Crippen molar-refractivity contribution in [1.82, 2.24) is 9.80 Å². The summed E-state index contributed by atoms with van der Waals surface area (Å²) in [5.41, 5.74) is 8.04. The van der Waals surface area contributed by atoms with E-state index in [1.165, 1.54) is 16.9 Å². The number of hydrogen-bond donors (Lipinski definition) is 1. The number of likely N-dealkylation sites (tertiary alicyclic amines) is 1. The number of rotatable bonds is 2. The summed E-state index contributed by atoms with van der Waals surface area (Å²) < 4.78 is 1.13. The number of hydrogen-bond acceptors (Lipinski definition) is 4. The minimum Gasteiger partial charge on any atom is -0.397 e. The third-order valence-corrected chi connectivity index (χ3v) is 5.67. The van der Waals surface area contributed by atoms with Crippen molar-refractivity contribution in [3.8, 4) is 0 Å². The monoisotopic (exact) mass is 303 g/mol. The zero-order chi connectivity index (χ0) is 15.1. The molecule has 2 aromatic rings. The lowest BCUT2D eigenvalue weighted by Crippen LogP contribution is -2.34. The fourth-order valence-corrected chi connectivity index (χ4v) is 4.09. The van der Waals surface area contributed by atoms with E-state index in [1.54, 1.807) is 0 Å². The maximum atomic E-state index is 12.8. The highest BCUT2D eigenvalue weighted by Gasteiger charge is 2.30. The van der Waals surface area contributed by atoms with Gasteiger partial charge in [-0.05, 0) is 33.0 Å². The SMILES string of the molecule is Cc1cccc2c(N)c(C(=O)N3CCC(N(C)C)C3)sc12. The number of nitrogens with two attached hydrogens (primary N) is 1. The summed E-state index contributed by atoms with van der Waals surface area (Å²) in [6, 6.07) is 6.50. The van der Waals surface area contributed by atoms with E-state index in [9.17, 15) is 4.79 Å². The number of nitrogen functional groups attached to an aromatic ring is 1. The molecule has 21 heavy (non-hydrogen) atoms. The van der Waals surface area contributed by atoms with Crippen LogP contribution in [0, 0.1) is 6.92 Å². The lowest BCUT2D eigenvalue weighted by molar-refractivity contribution is 0.0789. The molecular weight excluding hydrogens is 282 g/mol. The molecule has 1 aromatic carbocycles. The largest absolute Gasteiger partial charge is 0.397 e. The van der Waals surface area contributed by atoms with E-state index >= 15 is 0 Å². The van der Waals surface area contributed by atoms with Gasteiger partial charge >= 0.3 is 0 Å². The Hall–Kier alpha value is -1.59. The number of likely N-dealkylation sites (N-methyl/N-ethyl adjacent to an activating group) is 1. The van der Waals surface area contributed by atoms with Crippen LogP contribution in [0.4, 0.5) is 5.69 Å². The average molecular weight is 303 g/mol. The smallest absolute Gasteiger partial charge is 0.266 e. The summed E-state index contributed by atoms with van der Waals surface area (Å²) in [7, 11) is 4.13. The molecule has 3 rings (SSSR count). The second kappa shape index (κ2) is 5.31. The molecule has 0 bridgehead atoms. The van der Waals surface area contributed by atoms with Gasteiger partial charge in [0.1, 0.15) is 4.88 Å². The van der Waals surface area contributed by atoms with Crippen LogP contribution >= 0.6 is 11.3 Å². The molecule has 1 aliphatic rings. The fraction of sp³-hybridized carbons (Fsp3) is 0.438. The van der Waals surface area contributed by atoms with Crippen molar-refractivity contribution in [3.05, 3.63) is 28.6 Å². The van der Waals surface area contributed by atoms with E-state index < -0.39 is 0 Å². The number of thiophene rings is 1. The minimum atomic E-state index is 0.0810. The van der Waals surface area contributed by atoms with Gasteiger partial charge in [0, 0.05) is 29.2 Å². The maximum absolute atomic E-state index is 12.8. The molecule has 1 unspecified atom stereocenters. The second-order valence-electron chi connectivity index (χ2n) is 5.95.